The van der Waals surface area contributed by atoms with Crippen molar-refractivity contribution in [1.82, 2.24) is 0 Å². The van der Waals surface area contributed by atoms with E-state index in [1.807, 2.05) is 11.3 Å². The molecule has 1 heterocycles. The summed E-state index contributed by atoms with van der Waals surface area (Å²) in [6, 6.07) is 2.21. The first-order valence-corrected chi connectivity index (χ1v) is 5.72. The van der Waals surface area contributed by atoms with Crippen LogP contribution < -0.4 is 0 Å². The van der Waals surface area contributed by atoms with E-state index in [-0.39, 0.29) is 0 Å². The van der Waals surface area contributed by atoms with Crippen LogP contribution >= 0.6 is 22.9 Å². The number of hydrogen-bond donors (Lipinski definition) is 0. The van der Waals surface area contributed by atoms with Crippen molar-refractivity contribution in [3.05, 3.63) is 21.9 Å². The van der Waals surface area contributed by atoms with Gasteiger partial charge in [-0.2, -0.15) is 0 Å². The predicted octanol–water partition coefficient (Wildman–Crippen LogP) is 4.01. The zero-order valence-electron chi connectivity index (χ0n) is 7.64. The molecule has 0 saturated carbocycles. The lowest BCUT2D eigenvalue weighted by atomic mass is 10.1. The van der Waals surface area contributed by atoms with Crippen molar-refractivity contribution in [3.63, 3.8) is 0 Å². The van der Waals surface area contributed by atoms with Gasteiger partial charge < -0.3 is 0 Å². The third kappa shape index (κ3) is 2.80. The molecule has 1 unspecified atom stereocenters. The second kappa shape index (κ2) is 4.88. The molecule has 0 aromatic carbocycles. The van der Waals surface area contributed by atoms with E-state index >= 15 is 0 Å². The van der Waals surface area contributed by atoms with E-state index in [9.17, 15) is 0 Å². The number of aryl methyl sites for hydroxylation is 2. The number of halogens is 1. The van der Waals surface area contributed by atoms with E-state index in [0.717, 1.165) is 19.3 Å². The van der Waals surface area contributed by atoms with Crippen molar-refractivity contribution in [3.8, 4) is 0 Å². The molecule has 1 atom stereocenters. The summed E-state index contributed by atoms with van der Waals surface area (Å²) in [4.78, 5) is 1.44. The average molecular weight is 203 g/mol. The second-order valence-corrected chi connectivity index (χ2v) is 4.78. The third-order valence-corrected chi connectivity index (χ3v) is 3.55. The minimum Gasteiger partial charge on any atom is -0.149 e. The van der Waals surface area contributed by atoms with Crippen LogP contribution in [0.1, 0.15) is 30.2 Å². The SMILES string of the molecule is CCC(Cl)CCc1ccsc1C. The second-order valence-electron chi connectivity index (χ2n) is 3.05. The van der Waals surface area contributed by atoms with Gasteiger partial charge in [-0.3, -0.25) is 0 Å². The van der Waals surface area contributed by atoms with Crippen LogP contribution in [0.2, 0.25) is 0 Å². The molecule has 0 aliphatic heterocycles. The summed E-state index contributed by atoms with van der Waals surface area (Å²) in [7, 11) is 0. The Labute approximate surface area is 83.6 Å². The Morgan fingerprint density at radius 1 is 1.58 bits per heavy atom. The Morgan fingerprint density at radius 2 is 2.33 bits per heavy atom. The standard InChI is InChI=1S/C10H15ClS/c1-3-10(11)5-4-9-6-7-12-8(9)2/h6-7,10H,3-5H2,1-2H3. The largest absolute Gasteiger partial charge is 0.149 e. The van der Waals surface area contributed by atoms with Gasteiger partial charge in [-0.1, -0.05) is 6.92 Å². The Morgan fingerprint density at radius 3 is 2.83 bits per heavy atom. The Bertz CT molecular complexity index is 229. The predicted molar refractivity (Wildman–Crippen MR) is 57.3 cm³/mol. The van der Waals surface area contributed by atoms with E-state index in [1.54, 1.807) is 0 Å². The highest BCUT2D eigenvalue weighted by Gasteiger charge is 2.04. The summed E-state index contributed by atoms with van der Waals surface area (Å²) >= 11 is 7.86. The molecule has 68 valence electrons. The molecule has 0 bridgehead atoms. The van der Waals surface area contributed by atoms with Gasteiger partial charge in [0.05, 0.1) is 0 Å². The van der Waals surface area contributed by atoms with Crippen molar-refractivity contribution < 1.29 is 0 Å². The zero-order valence-corrected chi connectivity index (χ0v) is 9.21. The summed E-state index contributed by atoms with van der Waals surface area (Å²) in [5, 5.41) is 2.50. The highest BCUT2D eigenvalue weighted by atomic mass is 35.5. The van der Waals surface area contributed by atoms with Crippen LogP contribution in [0.4, 0.5) is 0 Å². The highest BCUT2D eigenvalue weighted by molar-refractivity contribution is 7.10. The van der Waals surface area contributed by atoms with Gasteiger partial charge in [0.1, 0.15) is 0 Å². The van der Waals surface area contributed by atoms with Crippen molar-refractivity contribution in [2.75, 3.05) is 0 Å². The van der Waals surface area contributed by atoms with Crippen LogP contribution in [0, 0.1) is 6.92 Å². The van der Waals surface area contributed by atoms with Crippen LogP contribution in [0.25, 0.3) is 0 Å². The Kier molecular flexibility index (Phi) is 4.10. The molecule has 0 spiro atoms. The molecule has 1 aromatic heterocycles. The molecule has 0 nitrogen and oxygen atoms in total. The van der Waals surface area contributed by atoms with Crippen LogP contribution in [-0.2, 0) is 6.42 Å². The summed E-state index contributed by atoms with van der Waals surface area (Å²) < 4.78 is 0. The zero-order chi connectivity index (χ0) is 8.97. The van der Waals surface area contributed by atoms with Crippen LogP contribution in [0.15, 0.2) is 11.4 Å². The molecule has 1 rings (SSSR count). The summed E-state index contributed by atoms with van der Waals surface area (Å²) in [6.07, 6.45) is 3.32. The van der Waals surface area contributed by atoms with Crippen molar-refractivity contribution in [1.29, 1.82) is 0 Å². The highest BCUT2D eigenvalue weighted by Crippen LogP contribution is 2.19. The van der Waals surface area contributed by atoms with Crippen molar-refractivity contribution in [2.45, 2.75) is 38.5 Å². The van der Waals surface area contributed by atoms with Crippen molar-refractivity contribution >= 4 is 22.9 Å². The maximum Gasteiger partial charge on any atom is 0.0336 e. The van der Waals surface area contributed by atoms with E-state index in [2.05, 4.69) is 25.3 Å². The summed E-state index contributed by atoms with van der Waals surface area (Å²) in [6.45, 7) is 4.31. The fourth-order valence-electron chi connectivity index (χ4n) is 1.19. The lowest BCUT2D eigenvalue weighted by Crippen LogP contribution is -1.98. The maximum absolute atomic E-state index is 6.04. The molecule has 12 heavy (non-hydrogen) atoms. The molecule has 0 fully saturated rings. The minimum atomic E-state index is 0.351. The normalized spacial score (nSPS) is 13.2. The number of rotatable bonds is 4. The van der Waals surface area contributed by atoms with Gasteiger partial charge in [0.2, 0.25) is 0 Å². The Balaban J connectivity index is 2.38. The molecular formula is C10H15ClS. The van der Waals surface area contributed by atoms with Gasteiger partial charge in [0, 0.05) is 10.3 Å². The minimum absolute atomic E-state index is 0.351. The molecule has 0 N–H and O–H groups in total. The van der Waals surface area contributed by atoms with Gasteiger partial charge in [-0.15, -0.1) is 22.9 Å². The third-order valence-electron chi connectivity index (χ3n) is 2.14. The molecule has 1 aromatic rings. The molecular weight excluding hydrogens is 188 g/mol. The monoisotopic (exact) mass is 202 g/mol. The molecule has 2 heteroatoms. The lowest BCUT2D eigenvalue weighted by molar-refractivity contribution is 0.726. The van der Waals surface area contributed by atoms with Crippen LogP contribution in [-0.4, -0.2) is 5.38 Å². The Hall–Kier alpha value is -0.0100. The number of alkyl halides is 1. The smallest absolute Gasteiger partial charge is 0.0336 e. The first kappa shape index (κ1) is 10.1. The molecule has 0 amide bonds. The fourth-order valence-corrected chi connectivity index (χ4v) is 2.05. The van der Waals surface area contributed by atoms with Gasteiger partial charge in [0.25, 0.3) is 0 Å². The van der Waals surface area contributed by atoms with Crippen LogP contribution in [0.3, 0.4) is 0 Å². The number of thiophene rings is 1. The van der Waals surface area contributed by atoms with Crippen LogP contribution in [0.5, 0.6) is 0 Å². The van der Waals surface area contributed by atoms with Gasteiger partial charge in [0.15, 0.2) is 0 Å². The average Bonchev–Trinajstić information content (AvgIpc) is 2.47. The summed E-state index contributed by atoms with van der Waals surface area (Å²) in [5.74, 6) is 0. The van der Waals surface area contributed by atoms with E-state index in [1.165, 1.54) is 10.4 Å². The fraction of sp³-hybridized carbons (Fsp3) is 0.600. The van der Waals surface area contributed by atoms with E-state index in [0.29, 0.717) is 5.38 Å². The topological polar surface area (TPSA) is 0 Å². The molecule has 0 aliphatic carbocycles. The quantitative estimate of drug-likeness (QED) is 0.648. The molecule has 0 aliphatic rings. The van der Waals surface area contributed by atoms with Gasteiger partial charge in [-0.05, 0) is 43.2 Å². The van der Waals surface area contributed by atoms with E-state index < -0.39 is 0 Å². The van der Waals surface area contributed by atoms with E-state index in [4.69, 9.17) is 11.6 Å². The maximum atomic E-state index is 6.04. The first-order chi connectivity index (χ1) is 5.74. The number of hydrogen-bond acceptors (Lipinski definition) is 1. The van der Waals surface area contributed by atoms with Gasteiger partial charge in [-0.25, -0.2) is 0 Å². The summed E-state index contributed by atoms with van der Waals surface area (Å²) in [5.41, 5.74) is 1.47. The molecule has 0 radical (unpaired) electrons. The van der Waals surface area contributed by atoms with Gasteiger partial charge >= 0.3 is 0 Å². The first-order valence-electron chi connectivity index (χ1n) is 4.41. The molecule has 0 saturated heterocycles. The van der Waals surface area contributed by atoms with Crippen molar-refractivity contribution in [2.24, 2.45) is 0 Å². The lowest BCUT2D eigenvalue weighted by Gasteiger charge is -2.04.